The molecule has 0 saturated carbocycles. The zero-order chi connectivity index (χ0) is 15.1. The zero-order valence-corrected chi connectivity index (χ0v) is 14.7. The minimum Gasteiger partial charge on any atom is -0.357 e. The van der Waals surface area contributed by atoms with E-state index >= 15 is 0 Å². The van der Waals surface area contributed by atoms with Crippen molar-refractivity contribution in [1.82, 2.24) is 10.3 Å². The molecule has 0 aromatic carbocycles. The van der Waals surface area contributed by atoms with Crippen LogP contribution in [0.5, 0.6) is 0 Å². The first-order valence-electron chi connectivity index (χ1n) is 7.06. The average Bonchev–Trinajstić information content (AvgIpc) is 2.42. The van der Waals surface area contributed by atoms with Crippen molar-refractivity contribution in [2.45, 2.75) is 45.8 Å². The summed E-state index contributed by atoms with van der Waals surface area (Å²) in [6.07, 6.45) is 3.30. The second-order valence-electron chi connectivity index (χ2n) is 5.37. The lowest BCUT2D eigenvalue weighted by atomic mass is 10.2. The summed E-state index contributed by atoms with van der Waals surface area (Å²) in [5, 5.41) is 4.09. The fourth-order valence-electron chi connectivity index (χ4n) is 1.80. The van der Waals surface area contributed by atoms with E-state index in [4.69, 9.17) is 16.6 Å². The molecule has 1 aromatic rings. The van der Waals surface area contributed by atoms with Crippen LogP contribution in [0.25, 0.3) is 0 Å². The van der Waals surface area contributed by atoms with E-state index in [0.717, 1.165) is 23.0 Å². The van der Waals surface area contributed by atoms with Crippen LogP contribution in [0.1, 0.15) is 32.9 Å². The first kappa shape index (κ1) is 17.6. The SMILES string of the molecule is CSCCC(C)N(C)c1ccc(Cl)c(CNC(C)C)n1. The number of halogens is 1. The average molecular weight is 316 g/mol. The highest BCUT2D eigenvalue weighted by molar-refractivity contribution is 7.98. The van der Waals surface area contributed by atoms with Gasteiger partial charge < -0.3 is 10.2 Å². The van der Waals surface area contributed by atoms with Crippen molar-refractivity contribution >= 4 is 29.2 Å². The van der Waals surface area contributed by atoms with Crippen molar-refractivity contribution in [2.75, 3.05) is 24.0 Å². The molecular formula is C15H26ClN3S. The number of nitrogens with one attached hydrogen (secondary N) is 1. The third-order valence-electron chi connectivity index (χ3n) is 3.34. The zero-order valence-electron chi connectivity index (χ0n) is 13.1. The first-order chi connectivity index (χ1) is 9.45. The van der Waals surface area contributed by atoms with Gasteiger partial charge in [-0.15, -0.1) is 0 Å². The maximum absolute atomic E-state index is 6.22. The van der Waals surface area contributed by atoms with Crippen molar-refractivity contribution < 1.29 is 0 Å². The molecule has 1 aromatic heterocycles. The molecule has 1 N–H and O–H groups in total. The van der Waals surface area contributed by atoms with Crippen LogP contribution >= 0.6 is 23.4 Å². The van der Waals surface area contributed by atoms with Crippen LogP contribution in [0.15, 0.2) is 12.1 Å². The summed E-state index contributed by atoms with van der Waals surface area (Å²) in [5.74, 6) is 2.16. The lowest BCUT2D eigenvalue weighted by molar-refractivity contribution is 0.580. The summed E-state index contributed by atoms with van der Waals surface area (Å²) < 4.78 is 0. The van der Waals surface area contributed by atoms with Crippen LogP contribution in [0, 0.1) is 0 Å². The van der Waals surface area contributed by atoms with Gasteiger partial charge in [0.2, 0.25) is 0 Å². The Labute approximate surface area is 132 Å². The van der Waals surface area contributed by atoms with Gasteiger partial charge in [-0.25, -0.2) is 4.98 Å². The van der Waals surface area contributed by atoms with Crippen LogP contribution < -0.4 is 10.2 Å². The Morgan fingerprint density at radius 3 is 2.65 bits per heavy atom. The van der Waals surface area contributed by atoms with Gasteiger partial charge in [0.15, 0.2) is 0 Å². The lowest BCUT2D eigenvalue weighted by Gasteiger charge is -2.26. The van der Waals surface area contributed by atoms with Crippen LogP contribution in [-0.4, -0.2) is 36.1 Å². The molecule has 0 radical (unpaired) electrons. The third-order valence-corrected chi connectivity index (χ3v) is 4.33. The van der Waals surface area contributed by atoms with Crippen molar-refractivity contribution in [1.29, 1.82) is 0 Å². The van der Waals surface area contributed by atoms with Gasteiger partial charge in [0.05, 0.1) is 10.7 Å². The molecular weight excluding hydrogens is 290 g/mol. The molecule has 3 nitrogen and oxygen atoms in total. The van der Waals surface area contributed by atoms with Crippen LogP contribution in [0.4, 0.5) is 5.82 Å². The van der Waals surface area contributed by atoms with Gasteiger partial charge in [-0.2, -0.15) is 11.8 Å². The third kappa shape index (κ3) is 5.51. The van der Waals surface area contributed by atoms with E-state index < -0.39 is 0 Å². The van der Waals surface area contributed by atoms with E-state index in [1.165, 1.54) is 5.75 Å². The predicted octanol–water partition coefficient (Wildman–Crippen LogP) is 3.81. The molecule has 0 fully saturated rings. The Kier molecular flexibility index (Phi) is 7.70. The lowest BCUT2D eigenvalue weighted by Crippen LogP contribution is -2.30. The van der Waals surface area contributed by atoms with Gasteiger partial charge in [-0.1, -0.05) is 25.4 Å². The second-order valence-corrected chi connectivity index (χ2v) is 6.77. The Hall–Kier alpha value is -0.450. The predicted molar refractivity (Wildman–Crippen MR) is 92.1 cm³/mol. The number of thioether (sulfide) groups is 1. The summed E-state index contributed by atoms with van der Waals surface area (Å²) in [6.45, 7) is 7.18. The summed E-state index contributed by atoms with van der Waals surface area (Å²) in [4.78, 5) is 6.93. The van der Waals surface area contributed by atoms with Crippen molar-refractivity contribution in [2.24, 2.45) is 0 Å². The maximum Gasteiger partial charge on any atom is 0.128 e. The highest BCUT2D eigenvalue weighted by Crippen LogP contribution is 2.21. The Balaban J connectivity index is 2.77. The van der Waals surface area contributed by atoms with E-state index in [1.807, 2.05) is 23.9 Å². The molecule has 114 valence electrons. The quantitative estimate of drug-likeness (QED) is 0.789. The number of nitrogens with zero attached hydrogens (tertiary/aromatic N) is 2. The molecule has 1 atom stereocenters. The van der Waals surface area contributed by atoms with E-state index in [2.05, 4.69) is 44.3 Å². The number of hydrogen-bond acceptors (Lipinski definition) is 4. The molecule has 5 heteroatoms. The van der Waals surface area contributed by atoms with Gasteiger partial charge in [-0.3, -0.25) is 0 Å². The molecule has 1 unspecified atom stereocenters. The molecule has 1 heterocycles. The minimum atomic E-state index is 0.426. The topological polar surface area (TPSA) is 28.2 Å². The highest BCUT2D eigenvalue weighted by atomic mass is 35.5. The normalized spacial score (nSPS) is 12.8. The van der Waals surface area contributed by atoms with E-state index in [9.17, 15) is 0 Å². The van der Waals surface area contributed by atoms with E-state index in [1.54, 1.807) is 0 Å². The number of anilines is 1. The van der Waals surface area contributed by atoms with Gasteiger partial charge in [0.25, 0.3) is 0 Å². The molecule has 20 heavy (non-hydrogen) atoms. The monoisotopic (exact) mass is 315 g/mol. The number of aromatic nitrogens is 1. The standard InChI is InChI=1S/C15H26ClN3S/c1-11(2)17-10-14-13(16)6-7-15(18-14)19(4)12(3)8-9-20-5/h6-7,11-12,17H,8-10H2,1-5H3. The van der Waals surface area contributed by atoms with E-state index in [0.29, 0.717) is 18.6 Å². The van der Waals surface area contributed by atoms with Gasteiger partial charge in [0, 0.05) is 25.7 Å². The number of rotatable bonds is 8. The molecule has 0 bridgehead atoms. The van der Waals surface area contributed by atoms with E-state index in [-0.39, 0.29) is 0 Å². The summed E-state index contributed by atoms with van der Waals surface area (Å²) in [7, 11) is 2.10. The Morgan fingerprint density at radius 1 is 1.35 bits per heavy atom. The molecule has 0 saturated heterocycles. The van der Waals surface area contributed by atoms with Crippen LogP contribution in [0.2, 0.25) is 5.02 Å². The molecule has 0 aliphatic heterocycles. The van der Waals surface area contributed by atoms with Gasteiger partial charge in [-0.05, 0) is 37.5 Å². The number of hydrogen-bond donors (Lipinski definition) is 1. The highest BCUT2D eigenvalue weighted by Gasteiger charge is 2.13. The smallest absolute Gasteiger partial charge is 0.128 e. The summed E-state index contributed by atoms with van der Waals surface area (Å²) >= 11 is 8.10. The fraction of sp³-hybridized carbons (Fsp3) is 0.667. The molecule has 1 rings (SSSR count). The summed E-state index contributed by atoms with van der Waals surface area (Å²) in [5.41, 5.74) is 0.918. The van der Waals surface area contributed by atoms with Gasteiger partial charge >= 0.3 is 0 Å². The molecule has 0 amide bonds. The van der Waals surface area contributed by atoms with Crippen molar-refractivity contribution in [3.05, 3.63) is 22.8 Å². The fourth-order valence-corrected chi connectivity index (χ4v) is 2.55. The maximum atomic E-state index is 6.22. The molecule has 0 aliphatic rings. The molecule has 0 aliphatic carbocycles. The van der Waals surface area contributed by atoms with Crippen molar-refractivity contribution in [3.8, 4) is 0 Å². The molecule has 0 spiro atoms. The number of pyridine rings is 1. The Morgan fingerprint density at radius 2 is 2.05 bits per heavy atom. The van der Waals surface area contributed by atoms with Crippen molar-refractivity contribution in [3.63, 3.8) is 0 Å². The second kappa shape index (κ2) is 8.75. The first-order valence-corrected chi connectivity index (χ1v) is 8.83. The van der Waals surface area contributed by atoms with Crippen LogP contribution in [0.3, 0.4) is 0 Å². The minimum absolute atomic E-state index is 0.426. The Bertz CT molecular complexity index is 412. The van der Waals surface area contributed by atoms with Gasteiger partial charge in [0.1, 0.15) is 5.82 Å². The largest absolute Gasteiger partial charge is 0.357 e. The summed E-state index contributed by atoms with van der Waals surface area (Å²) in [6, 6.07) is 4.84. The van der Waals surface area contributed by atoms with Crippen LogP contribution in [-0.2, 0) is 6.54 Å².